The number of phenols is 4. The van der Waals surface area contributed by atoms with Gasteiger partial charge >= 0.3 is 0 Å². The lowest BCUT2D eigenvalue weighted by Crippen LogP contribution is -1.90. The van der Waals surface area contributed by atoms with Crippen molar-refractivity contribution >= 4 is 43.1 Å². The number of fused-ring (bicyclic) bond motifs is 4. The van der Waals surface area contributed by atoms with Crippen LogP contribution in [0.3, 0.4) is 0 Å². The van der Waals surface area contributed by atoms with E-state index < -0.39 is 0 Å². The van der Waals surface area contributed by atoms with E-state index in [1.54, 1.807) is 12.1 Å². The second-order valence-electron chi connectivity index (χ2n) is 13.2. The Bertz CT molecular complexity index is 2890. The molecule has 0 aliphatic rings. The predicted octanol–water partition coefficient (Wildman–Crippen LogP) is 11.3. The van der Waals surface area contributed by atoms with Gasteiger partial charge in [-0.25, -0.2) is 0 Å². The van der Waals surface area contributed by atoms with Gasteiger partial charge in [0.2, 0.25) is 0 Å². The largest absolute Gasteiger partial charge is 0.507 e. The van der Waals surface area contributed by atoms with E-state index in [1.807, 2.05) is 146 Å². The highest BCUT2D eigenvalue weighted by atomic mass is 16.3. The molecule has 0 atom stereocenters. The van der Waals surface area contributed by atoms with Crippen molar-refractivity contribution in [3.05, 3.63) is 180 Å². The average molecular weight is 695 g/mol. The number of phenolic OH excluding ortho intramolecular Hbond substituents is 4. The minimum absolute atomic E-state index is 0.00159. The summed E-state index contributed by atoms with van der Waals surface area (Å²) in [7, 11) is 0. The van der Waals surface area contributed by atoms with Crippen LogP contribution in [0.15, 0.2) is 158 Å². The van der Waals surface area contributed by atoms with Gasteiger partial charge in [-0.2, -0.15) is 0 Å². The molecule has 9 aromatic carbocycles. The Morgan fingerprint density at radius 3 is 1.02 bits per heavy atom. The maximum atomic E-state index is 11.7. The highest BCUT2D eigenvalue weighted by Gasteiger charge is 2.20. The van der Waals surface area contributed by atoms with Crippen molar-refractivity contribution in [3.63, 3.8) is 0 Å². The molecule has 54 heavy (non-hydrogen) atoms. The van der Waals surface area contributed by atoms with Crippen molar-refractivity contribution in [2.75, 3.05) is 0 Å². The maximum Gasteiger partial charge on any atom is 0.139 e. The monoisotopic (exact) mass is 694 g/mol. The number of rotatable bonds is 2. The van der Waals surface area contributed by atoms with Gasteiger partial charge in [-0.15, -0.1) is 0 Å². The number of benzene rings is 9. The molecule has 0 heterocycles. The molecule has 0 bridgehead atoms. The number of hydrogen-bond donors (Lipinski definition) is 4. The molecule has 0 fully saturated rings. The predicted molar refractivity (Wildman–Crippen MR) is 219 cm³/mol. The third kappa shape index (κ3) is 5.56. The molecule has 0 saturated heterocycles. The lowest BCUT2D eigenvalue weighted by Gasteiger charge is -2.15. The van der Waals surface area contributed by atoms with E-state index in [9.17, 15) is 20.4 Å². The SMILES string of the molecule is Oc1ccc2ccccc2c1-c1c(O)c(C#Cc2ccc(C#Cc3cc4ccccc4c(-c4c(O)ccc5ccccc45)c3O)cc2)cc2ccccc12. The minimum Gasteiger partial charge on any atom is -0.507 e. The maximum absolute atomic E-state index is 11.7. The van der Waals surface area contributed by atoms with E-state index in [4.69, 9.17) is 0 Å². The van der Waals surface area contributed by atoms with Crippen molar-refractivity contribution in [1.82, 2.24) is 0 Å². The Morgan fingerprint density at radius 2 is 0.630 bits per heavy atom. The molecular formula is C50H30O4. The highest BCUT2D eigenvalue weighted by molar-refractivity contribution is 6.12. The van der Waals surface area contributed by atoms with Crippen LogP contribution >= 0.6 is 0 Å². The van der Waals surface area contributed by atoms with Crippen LogP contribution in [0.1, 0.15) is 22.3 Å². The Morgan fingerprint density at radius 1 is 0.296 bits per heavy atom. The molecule has 9 aromatic rings. The minimum atomic E-state index is 0.00159. The van der Waals surface area contributed by atoms with Gasteiger partial charge in [-0.3, -0.25) is 0 Å². The van der Waals surface area contributed by atoms with Crippen LogP contribution < -0.4 is 0 Å². The van der Waals surface area contributed by atoms with Crippen molar-refractivity contribution in [3.8, 4) is 68.9 Å². The molecule has 0 radical (unpaired) electrons. The molecule has 4 heteroatoms. The van der Waals surface area contributed by atoms with Crippen LogP contribution in [0.25, 0.3) is 65.3 Å². The number of aromatic hydroxyl groups is 4. The Labute approximate surface area is 311 Å². The summed E-state index contributed by atoms with van der Waals surface area (Å²) in [6.45, 7) is 0. The van der Waals surface area contributed by atoms with Crippen LogP contribution in [0.2, 0.25) is 0 Å². The molecule has 4 N–H and O–H groups in total. The van der Waals surface area contributed by atoms with Crippen molar-refractivity contribution in [1.29, 1.82) is 0 Å². The summed E-state index contributed by atoms with van der Waals surface area (Å²) >= 11 is 0. The van der Waals surface area contributed by atoms with E-state index in [2.05, 4.69) is 23.7 Å². The van der Waals surface area contributed by atoms with Gasteiger partial charge in [-0.1, -0.05) is 133 Å². The fourth-order valence-corrected chi connectivity index (χ4v) is 7.33. The molecule has 0 unspecified atom stereocenters. The van der Waals surface area contributed by atoms with Crippen LogP contribution in [0.4, 0.5) is 0 Å². The van der Waals surface area contributed by atoms with Crippen LogP contribution in [0, 0.1) is 23.7 Å². The molecule has 0 aliphatic carbocycles. The summed E-state index contributed by atoms with van der Waals surface area (Å²) in [4.78, 5) is 0. The third-order valence-corrected chi connectivity index (χ3v) is 9.93. The van der Waals surface area contributed by atoms with Gasteiger partial charge in [0.1, 0.15) is 23.0 Å². The second kappa shape index (κ2) is 13.1. The van der Waals surface area contributed by atoms with Crippen LogP contribution in [-0.4, -0.2) is 20.4 Å². The first-order chi connectivity index (χ1) is 26.4. The first kappa shape index (κ1) is 32.3. The molecule has 0 amide bonds. The van der Waals surface area contributed by atoms with E-state index in [0.717, 1.165) is 54.2 Å². The lowest BCUT2D eigenvalue weighted by molar-refractivity contribution is 0.469. The molecule has 4 nitrogen and oxygen atoms in total. The van der Waals surface area contributed by atoms with E-state index in [-0.39, 0.29) is 23.0 Å². The van der Waals surface area contributed by atoms with Gasteiger partial charge in [0.05, 0.1) is 11.1 Å². The van der Waals surface area contributed by atoms with E-state index in [1.165, 1.54) is 0 Å². The summed E-state index contributed by atoms with van der Waals surface area (Å²) in [5, 5.41) is 52.6. The quantitative estimate of drug-likeness (QED) is 0.136. The molecule has 0 saturated carbocycles. The van der Waals surface area contributed by atoms with E-state index >= 15 is 0 Å². The fourth-order valence-electron chi connectivity index (χ4n) is 7.33. The topological polar surface area (TPSA) is 80.9 Å². The van der Waals surface area contributed by atoms with Gasteiger partial charge < -0.3 is 20.4 Å². The molecule has 254 valence electrons. The zero-order valence-corrected chi connectivity index (χ0v) is 28.8. The third-order valence-electron chi connectivity index (χ3n) is 9.93. The van der Waals surface area contributed by atoms with Gasteiger partial charge in [-0.05, 0) is 91.6 Å². The summed E-state index contributed by atoms with van der Waals surface area (Å²) < 4.78 is 0. The van der Waals surface area contributed by atoms with Gasteiger partial charge in [0.25, 0.3) is 0 Å². The summed E-state index contributed by atoms with van der Waals surface area (Å²) in [5.41, 5.74) is 4.54. The second-order valence-corrected chi connectivity index (χ2v) is 13.2. The summed E-state index contributed by atoms with van der Waals surface area (Å²) in [5.74, 6) is 12.9. The van der Waals surface area contributed by atoms with Crippen LogP contribution in [0.5, 0.6) is 23.0 Å². The fraction of sp³-hybridized carbons (Fsp3) is 0. The van der Waals surface area contributed by atoms with E-state index in [0.29, 0.717) is 33.4 Å². The molecule has 9 rings (SSSR count). The highest BCUT2D eigenvalue weighted by Crippen LogP contribution is 2.47. The standard InChI is InChI=1S/C50H30O4/c51-43-27-25-33-9-1-5-13-39(33)45(43)47-41-15-7-3-11-35(41)29-37(49(47)53)23-21-31-17-19-32(20-18-31)22-24-38-30-36-12-4-8-16-42(36)48(50(38)54)46-40-14-6-2-10-34(40)26-28-44(46)52/h1-20,25-30,51-54H. The van der Waals surface area contributed by atoms with Gasteiger partial charge in [0, 0.05) is 33.4 Å². The zero-order valence-electron chi connectivity index (χ0n) is 28.8. The normalized spacial score (nSPS) is 11.0. The number of hydrogen-bond acceptors (Lipinski definition) is 4. The van der Waals surface area contributed by atoms with Crippen molar-refractivity contribution < 1.29 is 20.4 Å². The zero-order chi connectivity index (χ0) is 36.8. The Hall–Kier alpha value is -7.66. The summed E-state index contributed by atoms with van der Waals surface area (Å²) in [6.07, 6.45) is 0. The molecular weight excluding hydrogens is 665 g/mol. The summed E-state index contributed by atoms with van der Waals surface area (Å²) in [6, 6.07) is 49.4. The first-order valence-corrected chi connectivity index (χ1v) is 17.5. The molecule has 0 aliphatic heterocycles. The van der Waals surface area contributed by atoms with Crippen molar-refractivity contribution in [2.45, 2.75) is 0 Å². The average Bonchev–Trinajstić information content (AvgIpc) is 3.20. The van der Waals surface area contributed by atoms with Crippen LogP contribution in [-0.2, 0) is 0 Å². The van der Waals surface area contributed by atoms with Gasteiger partial charge in [0.15, 0.2) is 0 Å². The molecule has 0 spiro atoms. The van der Waals surface area contributed by atoms with Crippen molar-refractivity contribution in [2.24, 2.45) is 0 Å². The Kier molecular flexibility index (Phi) is 7.85. The smallest absolute Gasteiger partial charge is 0.139 e. The lowest BCUT2D eigenvalue weighted by atomic mass is 9.90. The Balaban J connectivity index is 1.09. The first-order valence-electron chi connectivity index (χ1n) is 17.5. The molecule has 0 aromatic heterocycles.